The highest BCUT2D eigenvalue weighted by atomic mass is 16.6. The van der Waals surface area contributed by atoms with Gasteiger partial charge in [-0.2, -0.15) is 0 Å². The molecule has 0 spiro atoms. The van der Waals surface area contributed by atoms with Crippen molar-refractivity contribution < 1.29 is 19.4 Å². The molecular formula is C22H32O4. The predicted octanol–water partition coefficient (Wildman–Crippen LogP) is 4.14. The zero-order valence-corrected chi connectivity index (χ0v) is 16.7. The summed E-state index contributed by atoms with van der Waals surface area (Å²) in [6, 6.07) is 0. The molecule has 2 aliphatic carbocycles. The van der Waals surface area contributed by atoms with Gasteiger partial charge in [-0.1, -0.05) is 38.8 Å². The highest BCUT2D eigenvalue weighted by Crippen LogP contribution is 2.68. The number of hydrogen-bond acceptors (Lipinski definition) is 4. The lowest BCUT2D eigenvalue weighted by molar-refractivity contribution is -0.294. The first-order chi connectivity index (χ1) is 12.1. The van der Waals surface area contributed by atoms with E-state index in [9.17, 15) is 9.90 Å². The lowest BCUT2D eigenvalue weighted by Gasteiger charge is -2.58. The van der Waals surface area contributed by atoms with Crippen LogP contribution in [0, 0.1) is 22.7 Å². The van der Waals surface area contributed by atoms with Gasteiger partial charge in [-0.25, -0.2) is 0 Å². The maximum Gasteiger partial charge on any atom is 0.302 e. The van der Waals surface area contributed by atoms with E-state index in [1.54, 1.807) is 11.1 Å². The SMILES string of the molecule is CC(=O)OCC1=C[C@H]2C[C@@H]3C4=C(C(C)C)CC[C@]4(C)CC[C@@]3(C)[C@]1(O)O2. The second kappa shape index (κ2) is 5.68. The van der Waals surface area contributed by atoms with E-state index in [0.29, 0.717) is 11.8 Å². The number of allylic oxidation sites excluding steroid dienone is 2. The van der Waals surface area contributed by atoms with Gasteiger partial charge in [0.2, 0.25) is 0 Å². The summed E-state index contributed by atoms with van der Waals surface area (Å²) in [6.45, 7) is 10.7. The summed E-state index contributed by atoms with van der Waals surface area (Å²) in [7, 11) is 0. The fourth-order valence-corrected chi connectivity index (χ4v) is 6.22. The molecule has 2 fully saturated rings. The van der Waals surface area contributed by atoms with Crippen LogP contribution in [0.1, 0.15) is 66.7 Å². The van der Waals surface area contributed by atoms with Crippen molar-refractivity contribution in [3.05, 3.63) is 22.8 Å². The van der Waals surface area contributed by atoms with Gasteiger partial charge in [-0.05, 0) is 55.4 Å². The van der Waals surface area contributed by atoms with E-state index in [2.05, 4.69) is 27.7 Å². The molecule has 5 atom stereocenters. The molecule has 0 aromatic rings. The third-order valence-corrected chi connectivity index (χ3v) is 7.77. The minimum Gasteiger partial charge on any atom is -0.461 e. The van der Waals surface area contributed by atoms with E-state index < -0.39 is 5.79 Å². The number of carbonyl (C=O) groups excluding carboxylic acids is 1. The Morgan fingerprint density at radius 1 is 1.35 bits per heavy atom. The second-order valence-electron chi connectivity index (χ2n) is 9.63. The average Bonchev–Trinajstić information content (AvgIpc) is 3.05. The van der Waals surface area contributed by atoms with E-state index in [4.69, 9.17) is 9.47 Å². The van der Waals surface area contributed by atoms with Crippen LogP contribution >= 0.6 is 0 Å². The van der Waals surface area contributed by atoms with Gasteiger partial charge >= 0.3 is 5.97 Å². The molecule has 4 nitrogen and oxygen atoms in total. The third-order valence-electron chi connectivity index (χ3n) is 7.77. The molecule has 0 radical (unpaired) electrons. The van der Waals surface area contributed by atoms with Gasteiger partial charge < -0.3 is 14.6 Å². The number of carbonyl (C=O) groups is 1. The van der Waals surface area contributed by atoms with Crippen molar-refractivity contribution in [2.75, 3.05) is 6.61 Å². The first-order valence-electron chi connectivity index (χ1n) is 10.1. The van der Waals surface area contributed by atoms with Crippen LogP contribution in [0.5, 0.6) is 0 Å². The van der Waals surface area contributed by atoms with E-state index >= 15 is 0 Å². The largest absolute Gasteiger partial charge is 0.461 e. The summed E-state index contributed by atoms with van der Waals surface area (Å²) < 4.78 is 11.4. The van der Waals surface area contributed by atoms with E-state index in [1.807, 2.05) is 6.08 Å². The Bertz CT molecular complexity index is 705. The topological polar surface area (TPSA) is 55.8 Å². The maximum atomic E-state index is 11.7. The Morgan fingerprint density at radius 3 is 2.73 bits per heavy atom. The van der Waals surface area contributed by atoms with Crippen molar-refractivity contribution >= 4 is 5.97 Å². The summed E-state index contributed by atoms with van der Waals surface area (Å²) in [5, 5.41) is 11.7. The van der Waals surface area contributed by atoms with Crippen LogP contribution in [-0.2, 0) is 14.3 Å². The highest BCUT2D eigenvalue weighted by Gasteiger charge is 2.66. The van der Waals surface area contributed by atoms with Crippen molar-refractivity contribution in [3.8, 4) is 0 Å². The van der Waals surface area contributed by atoms with E-state index in [1.165, 1.54) is 19.8 Å². The van der Waals surface area contributed by atoms with Crippen LogP contribution in [0.2, 0.25) is 0 Å². The molecule has 2 aliphatic heterocycles. The summed E-state index contributed by atoms with van der Waals surface area (Å²) in [6.07, 6.45) is 7.28. The number of hydrogen-bond donors (Lipinski definition) is 1. The van der Waals surface area contributed by atoms with Crippen molar-refractivity contribution in [2.24, 2.45) is 22.7 Å². The number of esters is 1. The second-order valence-corrected chi connectivity index (χ2v) is 9.63. The zero-order valence-electron chi connectivity index (χ0n) is 16.7. The van der Waals surface area contributed by atoms with Crippen molar-refractivity contribution in [1.29, 1.82) is 0 Å². The van der Waals surface area contributed by atoms with Crippen LogP contribution in [0.15, 0.2) is 22.8 Å². The Morgan fingerprint density at radius 2 is 2.08 bits per heavy atom. The van der Waals surface area contributed by atoms with Gasteiger partial charge in [-0.3, -0.25) is 4.79 Å². The van der Waals surface area contributed by atoms with Crippen LogP contribution in [0.4, 0.5) is 0 Å². The molecule has 4 aliphatic rings. The fourth-order valence-electron chi connectivity index (χ4n) is 6.22. The zero-order chi connectivity index (χ0) is 18.9. The Hall–Kier alpha value is -1.13. The number of rotatable bonds is 3. The third kappa shape index (κ3) is 2.31. The Balaban J connectivity index is 1.76. The first kappa shape index (κ1) is 18.2. The normalized spacial score (nSPS) is 44.0. The number of aliphatic hydroxyl groups is 1. The molecule has 0 amide bonds. The molecule has 144 valence electrons. The molecule has 4 rings (SSSR count). The van der Waals surface area contributed by atoms with Gasteiger partial charge in [0.15, 0.2) is 5.79 Å². The Labute approximate surface area is 156 Å². The lowest BCUT2D eigenvalue weighted by atomic mass is 9.52. The highest BCUT2D eigenvalue weighted by molar-refractivity contribution is 5.66. The smallest absolute Gasteiger partial charge is 0.302 e. The van der Waals surface area contributed by atoms with Gasteiger partial charge in [0.1, 0.15) is 6.61 Å². The molecule has 4 heteroatoms. The van der Waals surface area contributed by atoms with Gasteiger partial charge in [0.25, 0.3) is 0 Å². The monoisotopic (exact) mass is 360 g/mol. The summed E-state index contributed by atoms with van der Waals surface area (Å²) in [4.78, 5) is 11.3. The molecule has 1 saturated carbocycles. The van der Waals surface area contributed by atoms with Crippen LogP contribution in [0.3, 0.4) is 0 Å². The van der Waals surface area contributed by atoms with Crippen molar-refractivity contribution in [2.45, 2.75) is 78.6 Å². The summed E-state index contributed by atoms with van der Waals surface area (Å²) in [5.74, 6) is -0.766. The van der Waals surface area contributed by atoms with E-state index in [0.717, 1.165) is 24.8 Å². The minimum atomic E-state index is -1.32. The minimum absolute atomic E-state index is 0.0903. The molecule has 0 aromatic carbocycles. The Kier molecular flexibility index (Phi) is 3.99. The van der Waals surface area contributed by atoms with Crippen LogP contribution in [0.25, 0.3) is 0 Å². The van der Waals surface area contributed by atoms with Crippen LogP contribution < -0.4 is 0 Å². The molecular weight excluding hydrogens is 328 g/mol. The first-order valence-corrected chi connectivity index (χ1v) is 10.1. The quantitative estimate of drug-likeness (QED) is 0.607. The molecule has 26 heavy (non-hydrogen) atoms. The molecule has 0 unspecified atom stereocenters. The van der Waals surface area contributed by atoms with Gasteiger partial charge in [0, 0.05) is 17.9 Å². The molecule has 1 saturated heterocycles. The van der Waals surface area contributed by atoms with Gasteiger partial charge in [0.05, 0.1) is 6.10 Å². The van der Waals surface area contributed by atoms with Gasteiger partial charge in [-0.15, -0.1) is 0 Å². The molecule has 1 N–H and O–H groups in total. The molecule has 2 bridgehead atoms. The van der Waals surface area contributed by atoms with Crippen LogP contribution in [-0.4, -0.2) is 29.6 Å². The summed E-state index contributed by atoms with van der Waals surface area (Å²) >= 11 is 0. The standard InChI is InChI=1S/C22H32O4/c1-13(2)17-6-7-20(4)8-9-21(5)18(19(17)20)11-16-10-15(12-25-14(3)23)22(21,24)26-16/h10,13,16,18,24H,6-9,11-12H2,1-5H3/t16-,18+,20+,21+,22+/m0/s1. The van der Waals surface area contributed by atoms with E-state index in [-0.39, 0.29) is 29.5 Å². The predicted molar refractivity (Wildman–Crippen MR) is 99.2 cm³/mol. The average molecular weight is 360 g/mol. The fraction of sp³-hybridized carbons (Fsp3) is 0.773. The number of fused-ring (bicyclic) bond motifs is 6. The molecule has 0 aromatic heterocycles. The number of ether oxygens (including phenoxy) is 2. The van der Waals surface area contributed by atoms with Crippen molar-refractivity contribution in [1.82, 2.24) is 0 Å². The lowest BCUT2D eigenvalue weighted by Crippen LogP contribution is -2.60. The maximum absolute atomic E-state index is 11.7. The summed E-state index contributed by atoms with van der Waals surface area (Å²) in [5.41, 5.74) is 3.85. The van der Waals surface area contributed by atoms with Crippen molar-refractivity contribution in [3.63, 3.8) is 0 Å². The molecule has 2 heterocycles.